The van der Waals surface area contributed by atoms with Gasteiger partial charge in [0.2, 0.25) is 5.91 Å². The van der Waals surface area contributed by atoms with E-state index >= 15 is 0 Å². The number of unbranched alkanes of at least 4 members (excludes halogenated alkanes) is 3. The van der Waals surface area contributed by atoms with Crippen molar-refractivity contribution in [1.29, 1.82) is 0 Å². The molecule has 2 atom stereocenters. The zero-order valence-electron chi connectivity index (χ0n) is 10.0. The van der Waals surface area contributed by atoms with E-state index in [1.165, 1.54) is 23.7 Å². The van der Waals surface area contributed by atoms with Gasteiger partial charge in [0.1, 0.15) is 0 Å². The van der Waals surface area contributed by atoms with Crippen LogP contribution in [0.1, 0.15) is 39.0 Å². The van der Waals surface area contributed by atoms with Crippen molar-refractivity contribution in [1.82, 2.24) is 5.32 Å². The van der Waals surface area contributed by atoms with E-state index in [2.05, 4.69) is 27.9 Å². The summed E-state index contributed by atoms with van der Waals surface area (Å²) in [5.41, 5.74) is 0. The minimum atomic E-state index is 0.0781. The number of hydrogen-bond donors (Lipinski definition) is 1. The van der Waals surface area contributed by atoms with Crippen molar-refractivity contribution in [2.24, 2.45) is 5.92 Å². The highest BCUT2D eigenvalue weighted by molar-refractivity contribution is 14.1. The van der Waals surface area contributed by atoms with Crippen LogP contribution in [0.3, 0.4) is 0 Å². The summed E-state index contributed by atoms with van der Waals surface area (Å²) in [7, 11) is 0. The van der Waals surface area contributed by atoms with Crippen LogP contribution in [0.25, 0.3) is 0 Å². The van der Waals surface area contributed by atoms with Crippen molar-refractivity contribution in [3.05, 3.63) is 0 Å². The third kappa shape index (κ3) is 4.99. The summed E-state index contributed by atoms with van der Waals surface area (Å²) in [5.74, 6) is 0.258. The average molecular weight is 339 g/mol. The average Bonchev–Trinajstić information content (AvgIpc) is 2.69. The van der Waals surface area contributed by atoms with E-state index in [1.807, 2.05) is 6.92 Å². The number of ether oxygens (including phenoxy) is 1. The third-order valence-electron chi connectivity index (χ3n) is 3.07. The van der Waals surface area contributed by atoms with E-state index in [0.29, 0.717) is 0 Å². The van der Waals surface area contributed by atoms with E-state index in [0.717, 1.165) is 26.0 Å². The lowest BCUT2D eigenvalue weighted by molar-refractivity contribution is -0.126. The second kappa shape index (κ2) is 8.28. The van der Waals surface area contributed by atoms with E-state index in [-0.39, 0.29) is 17.9 Å². The lowest BCUT2D eigenvalue weighted by Gasteiger charge is -2.13. The maximum Gasteiger partial charge on any atom is 0.225 e. The highest BCUT2D eigenvalue weighted by Gasteiger charge is 2.30. The normalized spacial score (nSPS) is 24.6. The smallest absolute Gasteiger partial charge is 0.225 e. The Hall–Kier alpha value is 0.160. The third-order valence-corrected chi connectivity index (χ3v) is 3.84. The van der Waals surface area contributed by atoms with Gasteiger partial charge < -0.3 is 10.1 Å². The van der Waals surface area contributed by atoms with Gasteiger partial charge in [0.05, 0.1) is 12.0 Å². The van der Waals surface area contributed by atoms with Crippen molar-refractivity contribution in [2.45, 2.75) is 45.1 Å². The highest BCUT2D eigenvalue weighted by atomic mass is 127. The molecular formula is C12H22INO2. The van der Waals surface area contributed by atoms with E-state index < -0.39 is 0 Å². The summed E-state index contributed by atoms with van der Waals surface area (Å²) in [4.78, 5) is 11.8. The monoisotopic (exact) mass is 339 g/mol. The second-order valence-corrected chi connectivity index (χ2v) is 5.44. The number of rotatable bonds is 7. The van der Waals surface area contributed by atoms with E-state index in [4.69, 9.17) is 4.74 Å². The summed E-state index contributed by atoms with van der Waals surface area (Å²) in [6.07, 6.45) is 5.87. The summed E-state index contributed by atoms with van der Waals surface area (Å²) >= 11 is 2.40. The Bertz CT molecular complexity index is 211. The molecule has 0 aromatic heterocycles. The van der Waals surface area contributed by atoms with Gasteiger partial charge in [-0.05, 0) is 30.6 Å². The molecule has 1 aliphatic rings. The first kappa shape index (κ1) is 14.2. The van der Waals surface area contributed by atoms with Gasteiger partial charge in [-0.2, -0.15) is 0 Å². The van der Waals surface area contributed by atoms with Crippen LogP contribution in [0.15, 0.2) is 0 Å². The number of halogens is 1. The molecule has 0 aromatic rings. The molecule has 0 saturated carbocycles. The molecule has 1 fully saturated rings. The SMILES string of the molecule is CC1OCCC1C(=O)NCCCCCCI. The zero-order valence-corrected chi connectivity index (χ0v) is 12.2. The molecule has 1 aliphatic heterocycles. The molecule has 1 heterocycles. The Morgan fingerprint density at radius 2 is 2.12 bits per heavy atom. The van der Waals surface area contributed by atoms with Crippen LogP contribution in [0.2, 0.25) is 0 Å². The maximum atomic E-state index is 11.8. The van der Waals surface area contributed by atoms with Crippen molar-refractivity contribution in [2.75, 3.05) is 17.6 Å². The van der Waals surface area contributed by atoms with E-state index in [9.17, 15) is 4.79 Å². The van der Waals surface area contributed by atoms with Crippen LogP contribution in [-0.2, 0) is 9.53 Å². The molecule has 94 valence electrons. The van der Waals surface area contributed by atoms with Gasteiger partial charge in [-0.3, -0.25) is 4.79 Å². The summed E-state index contributed by atoms with van der Waals surface area (Å²) < 4.78 is 6.62. The summed E-state index contributed by atoms with van der Waals surface area (Å²) in [5, 5.41) is 3.01. The van der Waals surface area contributed by atoms with Crippen LogP contribution < -0.4 is 5.32 Å². The number of amides is 1. The van der Waals surface area contributed by atoms with Gasteiger partial charge in [0.25, 0.3) is 0 Å². The Balaban J connectivity index is 2.02. The minimum absolute atomic E-state index is 0.0781. The standard InChI is InChI=1S/C12H22INO2/c1-10-11(6-9-16-10)12(15)14-8-5-3-2-4-7-13/h10-11H,2-9H2,1H3,(H,14,15). The number of alkyl halides is 1. The quantitative estimate of drug-likeness (QED) is 0.440. The van der Waals surface area contributed by atoms with Gasteiger partial charge >= 0.3 is 0 Å². The highest BCUT2D eigenvalue weighted by Crippen LogP contribution is 2.20. The van der Waals surface area contributed by atoms with Crippen LogP contribution in [0, 0.1) is 5.92 Å². The molecule has 0 radical (unpaired) electrons. The van der Waals surface area contributed by atoms with Crippen LogP contribution >= 0.6 is 22.6 Å². The number of carbonyl (C=O) groups excluding carboxylic acids is 1. The topological polar surface area (TPSA) is 38.3 Å². The molecule has 1 saturated heterocycles. The molecule has 3 nitrogen and oxygen atoms in total. The summed E-state index contributed by atoms with van der Waals surface area (Å²) in [6, 6.07) is 0. The lowest BCUT2D eigenvalue weighted by atomic mass is 10.0. The largest absolute Gasteiger partial charge is 0.378 e. The van der Waals surface area contributed by atoms with Gasteiger partial charge in [-0.1, -0.05) is 35.4 Å². The lowest BCUT2D eigenvalue weighted by Crippen LogP contribution is -2.34. The van der Waals surface area contributed by atoms with Gasteiger partial charge in [-0.25, -0.2) is 0 Å². The van der Waals surface area contributed by atoms with Crippen LogP contribution in [-0.4, -0.2) is 29.6 Å². The molecule has 1 amide bonds. The van der Waals surface area contributed by atoms with Crippen molar-refractivity contribution in [3.8, 4) is 0 Å². The molecule has 16 heavy (non-hydrogen) atoms. The maximum absolute atomic E-state index is 11.8. The predicted molar refractivity (Wildman–Crippen MR) is 73.9 cm³/mol. The molecule has 0 bridgehead atoms. The summed E-state index contributed by atoms with van der Waals surface area (Å²) in [6.45, 7) is 3.54. The van der Waals surface area contributed by atoms with E-state index in [1.54, 1.807) is 0 Å². The first-order valence-corrected chi connectivity index (χ1v) is 7.73. The van der Waals surface area contributed by atoms with Crippen molar-refractivity contribution >= 4 is 28.5 Å². The van der Waals surface area contributed by atoms with Gasteiger partial charge in [-0.15, -0.1) is 0 Å². The van der Waals surface area contributed by atoms with Crippen molar-refractivity contribution in [3.63, 3.8) is 0 Å². The molecule has 0 spiro atoms. The van der Waals surface area contributed by atoms with Crippen LogP contribution in [0.5, 0.6) is 0 Å². The second-order valence-electron chi connectivity index (χ2n) is 4.37. The Morgan fingerprint density at radius 3 is 2.75 bits per heavy atom. The van der Waals surface area contributed by atoms with Gasteiger partial charge in [0, 0.05) is 13.2 Å². The Kier molecular flexibility index (Phi) is 7.36. The molecule has 0 aromatic carbocycles. The molecule has 1 rings (SSSR count). The Morgan fingerprint density at radius 1 is 1.38 bits per heavy atom. The zero-order chi connectivity index (χ0) is 11.8. The fourth-order valence-corrected chi connectivity index (χ4v) is 2.53. The molecule has 4 heteroatoms. The fourth-order valence-electron chi connectivity index (χ4n) is 1.99. The number of nitrogens with one attached hydrogen (secondary N) is 1. The minimum Gasteiger partial charge on any atom is -0.378 e. The first-order valence-electron chi connectivity index (χ1n) is 6.21. The van der Waals surface area contributed by atoms with Crippen LogP contribution in [0.4, 0.5) is 0 Å². The predicted octanol–water partition coefficient (Wildman–Crippen LogP) is 2.52. The molecule has 1 N–H and O–H groups in total. The molecule has 2 unspecified atom stereocenters. The van der Waals surface area contributed by atoms with Crippen molar-refractivity contribution < 1.29 is 9.53 Å². The first-order chi connectivity index (χ1) is 7.75. The van der Waals surface area contributed by atoms with Gasteiger partial charge in [0.15, 0.2) is 0 Å². The number of carbonyl (C=O) groups is 1. The molecular weight excluding hydrogens is 317 g/mol. The molecule has 0 aliphatic carbocycles. The Labute approximate surface area is 112 Å². The fraction of sp³-hybridized carbons (Fsp3) is 0.917. The number of hydrogen-bond acceptors (Lipinski definition) is 2.